The Morgan fingerprint density at radius 3 is 2.92 bits per heavy atom. The standard InChI is InChI=1S/C10H22N2O/c1-3-9(11)7-12-5-6-13-10(4-2)8-12/h9-10H,3-8,11H2,1-2H3. The molecule has 3 nitrogen and oxygen atoms in total. The minimum Gasteiger partial charge on any atom is -0.376 e. The van der Waals surface area contributed by atoms with Crippen molar-refractivity contribution in [2.75, 3.05) is 26.2 Å². The third-order valence-corrected chi connectivity index (χ3v) is 2.70. The van der Waals surface area contributed by atoms with Gasteiger partial charge in [0.05, 0.1) is 12.7 Å². The molecule has 78 valence electrons. The van der Waals surface area contributed by atoms with E-state index in [9.17, 15) is 0 Å². The molecule has 0 saturated carbocycles. The fourth-order valence-corrected chi connectivity index (χ4v) is 1.65. The summed E-state index contributed by atoms with van der Waals surface area (Å²) in [6, 6.07) is 0.329. The quantitative estimate of drug-likeness (QED) is 0.707. The van der Waals surface area contributed by atoms with E-state index in [4.69, 9.17) is 10.5 Å². The molecular formula is C10H22N2O. The number of hydrogen-bond acceptors (Lipinski definition) is 3. The predicted octanol–water partition coefficient (Wildman–Crippen LogP) is 0.834. The van der Waals surface area contributed by atoms with Crippen LogP contribution in [0.3, 0.4) is 0 Å². The van der Waals surface area contributed by atoms with Crippen molar-refractivity contribution >= 4 is 0 Å². The SMILES string of the molecule is CCC(N)CN1CCOC(CC)C1. The Balaban J connectivity index is 2.25. The van der Waals surface area contributed by atoms with Crippen LogP contribution in [-0.4, -0.2) is 43.3 Å². The van der Waals surface area contributed by atoms with Gasteiger partial charge < -0.3 is 10.5 Å². The van der Waals surface area contributed by atoms with Crippen LogP contribution in [-0.2, 0) is 4.74 Å². The van der Waals surface area contributed by atoms with Crippen LogP contribution in [0.25, 0.3) is 0 Å². The molecule has 2 atom stereocenters. The summed E-state index contributed by atoms with van der Waals surface area (Å²) in [4.78, 5) is 2.42. The molecule has 0 aliphatic carbocycles. The number of nitrogens with zero attached hydrogens (tertiary/aromatic N) is 1. The van der Waals surface area contributed by atoms with E-state index in [1.165, 1.54) is 0 Å². The van der Waals surface area contributed by atoms with Crippen molar-refractivity contribution in [1.29, 1.82) is 0 Å². The molecule has 1 rings (SSSR count). The monoisotopic (exact) mass is 186 g/mol. The summed E-state index contributed by atoms with van der Waals surface area (Å²) >= 11 is 0. The average molecular weight is 186 g/mol. The van der Waals surface area contributed by atoms with Crippen molar-refractivity contribution in [2.24, 2.45) is 5.73 Å². The van der Waals surface area contributed by atoms with Crippen molar-refractivity contribution < 1.29 is 4.74 Å². The van der Waals surface area contributed by atoms with Crippen molar-refractivity contribution in [1.82, 2.24) is 4.90 Å². The van der Waals surface area contributed by atoms with Crippen LogP contribution in [0.15, 0.2) is 0 Å². The van der Waals surface area contributed by atoms with Gasteiger partial charge >= 0.3 is 0 Å². The summed E-state index contributed by atoms with van der Waals surface area (Å²) in [5.41, 5.74) is 5.91. The molecule has 1 aliphatic rings. The maximum atomic E-state index is 5.91. The van der Waals surface area contributed by atoms with E-state index in [0.717, 1.165) is 39.1 Å². The lowest BCUT2D eigenvalue weighted by atomic mass is 10.2. The molecule has 2 N–H and O–H groups in total. The first-order chi connectivity index (χ1) is 6.26. The number of rotatable bonds is 4. The maximum Gasteiger partial charge on any atom is 0.0700 e. The molecular weight excluding hydrogens is 164 g/mol. The lowest BCUT2D eigenvalue weighted by Gasteiger charge is -2.33. The molecule has 0 radical (unpaired) electrons. The molecule has 1 saturated heterocycles. The van der Waals surface area contributed by atoms with E-state index < -0.39 is 0 Å². The molecule has 0 aromatic rings. The number of nitrogens with two attached hydrogens (primary N) is 1. The normalized spacial score (nSPS) is 27.5. The van der Waals surface area contributed by atoms with E-state index in [-0.39, 0.29) is 0 Å². The van der Waals surface area contributed by atoms with E-state index >= 15 is 0 Å². The van der Waals surface area contributed by atoms with Gasteiger partial charge in [-0.3, -0.25) is 4.90 Å². The third kappa shape index (κ3) is 3.63. The second kappa shape index (κ2) is 5.58. The summed E-state index contributed by atoms with van der Waals surface area (Å²) in [6.07, 6.45) is 2.60. The van der Waals surface area contributed by atoms with Gasteiger partial charge in [0.1, 0.15) is 0 Å². The molecule has 0 aromatic carbocycles. The Bertz CT molecular complexity index is 139. The Morgan fingerprint density at radius 1 is 1.54 bits per heavy atom. The molecule has 0 amide bonds. The van der Waals surface area contributed by atoms with Crippen LogP contribution in [0, 0.1) is 0 Å². The summed E-state index contributed by atoms with van der Waals surface area (Å²) in [7, 11) is 0. The maximum absolute atomic E-state index is 5.91. The minimum absolute atomic E-state index is 0.329. The predicted molar refractivity (Wildman–Crippen MR) is 54.7 cm³/mol. The Labute approximate surface area is 81.2 Å². The van der Waals surface area contributed by atoms with Crippen molar-refractivity contribution in [2.45, 2.75) is 38.8 Å². The van der Waals surface area contributed by atoms with Crippen LogP contribution in [0.1, 0.15) is 26.7 Å². The Kier molecular flexibility index (Phi) is 4.70. The number of ether oxygens (including phenoxy) is 1. The van der Waals surface area contributed by atoms with Gasteiger partial charge in [0.2, 0.25) is 0 Å². The smallest absolute Gasteiger partial charge is 0.0700 e. The molecule has 0 spiro atoms. The van der Waals surface area contributed by atoms with Gasteiger partial charge in [-0.05, 0) is 12.8 Å². The largest absolute Gasteiger partial charge is 0.376 e. The fraction of sp³-hybridized carbons (Fsp3) is 1.00. The van der Waals surface area contributed by atoms with Crippen molar-refractivity contribution in [3.8, 4) is 0 Å². The molecule has 1 aliphatic heterocycles. The van der Waals surface area contributed by atoms with Crippen molar-refractivity contribution in [3.05, 3.63) is 0 Å². The van der Waals surface area contributed by atoms with Gasteiger partial charge in [-0.25, -0.2) is 0 Å². The lowest BCUT2D eigenvalue weighted by Crippen LogP contribution is -2.47. The first-order valence-corrected chi connectivity index (χ1v) is 5.35. The average Bonchev–Trinajstić information content (AvgIpc) is 2.18. The highest BCUT2D eigenvalue weighted by Gasteiger charge is 2.19. The van der Waals surface area contributed by atoms with Crippen LogP contribution in [0.4, 0.5) is 0 Å². The highest BCUT2D eigenvalue weighted by atomic mass is 16.5. The van der Waals surface area contributed by atoms with E-state index in [1.54, 1.807) is 0 Å². The summed E-state index contributed by atoms with van der Waals surface area (Å²) < 4.78 is 5.59. The second-order valence-electron chi connectivity index (χ2n) is 3.83. The minimum atomic E-state index is 0.329. The number of morpholine rings is 1. The van der Waals surface area contributed by atoms with Crippen molar-refractivity contribution in [3.63, 3.8) is 0 Å². The Hall–Kier alpha value is -0.120. The zero-order valence-electron chi connectivity index (χ0n) is 8.83. The summed E-state index contributed by atoms with van der Waals surface area (Å²) in [6.45, 7) is 8.32. The molecule has 3 heteroatoms. The zero-order chi connectivity index (χ0) is 9.68. The van der Waals surface area contributed by atoms with Gasteiger partial charge in [0.25, 0.3) is 0 Å². The third-order valence-electron chi connectivity index (χ3n) is 2.70. The van der Waals surface area contributed by atoms with Crippen LogP contribution >= 0.6 is 0 Å². The summed E-state index contributed by atoms with van der Waals surface area (Å²) in [5, 5.41) is 0. The van der Waals surface area contributed by atoms with Gasteiger partial charge in [-0.2, -0.15) is 0 Å². The fourth-order valence-electron chi connectivity index (χ4n) is 1.65. The van der Waals surface area contributed by atoms with Crippen LogP contribution in [0.5, 0.6) is 0 Å². The van der Waals surface area contributed by atoms with Gasteiger partial charge in [-0.1, -0.05) is 13.8 Å². The highest BCUT2D eigenvalue weighted by Crippen LogP contribution is 2.08. The molecule has 13 heavy (non-hydrogen) atoms. The van der Waals surface area contributed by atoms with Crippen LogP contribution < -0.4 is 5.73 Å². The van der Waals surface area contributed by atoms with Gasteiger partial charge in [-0.15, -0.1) is 0 Å². The molecule has 0 aromatic heterocycles. The van der Waals surface area contributed by atoms with Gasteiger partial charge in [0.15, 0.2) is 0 Å². The van der Waals surface area contributed by atoms with Crippen LogP contribution in [0.2, 0.25) is 0 Å². The van der Waals surface area contributed by atoms with E-state index in [1.807, 2.05) is 0 Å². The summed E-state index contributed by atoms with van der Waals surface area (Å²) in [5.74, 6) is 0. The topological polar surface area (TPSA) is 38.5 Å². The molecule has 1 heterocycles. The highest BCUT2D eigenvalue weighted by molar-refractivity contribution is 4.74. The van der Waals surface area contributed by atoms with E-state index in [2.05, 4.69) is 18.7 Å². The second-order valence-corrected chi connectivity index (χ2v) is 3.83. The molecule has 1 fully saturated rings. The van der Waals surface area contributed by atoms with Gasteiger partial charge in [0, 0.05) is 25.7 Å². The molecule has 2 unspecified atom stereocenters. The van der Waals surface area contributed by atoms with E-state index in [0.29, 0.717) is 12.1 Å². The zero-order valence-corrected chi connectivity index (χ0v) is 8.83. The Morgan fingerprint density at radius 2 is 2.31 bits per heavy atom. The number of hydrogen-bond donors (Lipinski definition) is 1. The lowest BCUT2D eigenvalue weighted by molar-refractivity contribution is -0.0311. The molecule has 0 bridgehead atoms. The first-order valence-electron chi connectivity index (χ1n) is 5.35. The first kappa shape index (κ1) is 11.0.